The number of phenols is 1. The average molecular weight is 205 g/mol. The summed E-state index contributed by atoms with van der Waals surface area (Å²) in [4.78, 5) is 33.5. The Morgan fingerprint density at radius 3 is 2.53 bits per heavy atom. The Morgan fingerprint density at radius 2 is 1.93 bits per heavy atom. The average Bonchev–Trinajstić information content (AvgIpc) is 2.43. The number of hydrogen-bond donors (Lipinski definition) is 2. The Labute approximate surface area is 84.7 Å². The summed E-state index contributed by atoms with van der Waals surface area (Å²) in [6.07, 6.45) is 0. The van der Waals surface area contributed by atoms with Crippen molar-refractivity contribution in [2.75, 3.05) is 0 Å². The van der Waals surface area contributed by atoms with Gasteiger partial charge in [-0.1, -0.05) is 0 Å². The Kier molecular flexibility index (Phi) is 1.82. The first-order valence-electron chi connectivity index (χ1n) is 4.25. The number of carbonyl (C=O) groups is 3. The number of rotatable bonds is 1. The highest BCUT2D eigenvalue weighted by molar-refractivity contribution is 6.23. The van der Waals surface area contributed by atoms with Crippen molar-refractivity contribution in [3.8, 4) is 5.75 Å². The highest BCUT2D eigenvalue weighted by Crippen LogP contribution is 2.29. The first-order valence-corrected chi connectivity index (χ1v) is 4.25. The van der Waals surface area contributed by atoms with Crippen LogP contribution < -0.4 is 5.32 Å². The van der Waals surface area contributed by atoms with E-state index in [2.05, 4.69) is 0 Å². The van der Waals surface area contributed by atoms with Gasteiger partial charge in [0, 0.05) is 0 Å². The molecule has 0 fully saturated rings. The molecule has 1 aliphatic heterocycles. The minimum absolute atomic E-state index is 0.0404. The number of hydrogen-bond acceptors (Lipinski definition) is 4. The van der Waals surface area contributed by atoms with Crippen LogP contribution in [0.15, 0.2) is 12.1 Å². The number of ketones is 1. The normalized spacial score (nSPS) is 13.7. The Balaban J connectivity index is 2.74. The van der Waals surface area contributed by atoms with Crippen LogP contribution >= 0.6 is 0 Å². The zero-order valence-electron chi connectivity index (χ0n) is 7.83. The Bertz CT molecular complexity index is 504. The molecule has 1 aromatic carbocycles. The molecule has 0 aliphatic carbocycles. The summed E-state index contributed by atoms with van der Waals surface area (Å²) >= 11 is 0. The fourth-order valence-corrected chi connectivity index (χ4v) is 1.53. The van der Waals surface area contributed by atoms with Gasteiger partial charge < -0.3 is 5.11 Å². The highest BCUT2D eigenvalue weighted by Gasteiger charge is 2.31. The van der Waals surface area contributed by atoms with E-state index >= 15 is 0 Å². The van der Waals surface area contributed by atoms with Crippen molar-refractivity contribution in [1.82, 2.24) is 5.32 Å². The lowest BCUT2D eigenvalue weighted by Gasteiger charge is -2.03. The van der Waals surface area contributed by atoms with Crippen molar-refractivity contribution in [1.29, 1.82) is 0 Å². The van der Waals surface area contributed by atoms with E-state index in [0.717, 1.165) is 0 Å². The number of phenolic OH excluding ortho intramolecular Hbond substituents is 1. The van der Waals surface area contributed by atoms with Crippen LogP contribution in [0.1, 0.15) is 38.0 Å². The molecule has 76 valence electrons. The van der Waals surface area contributed by atoms with E-state index in [-0.39, 0.29) is 22.5 Å². The summed E-state index contributed by atoms with van der Waals surface area (Å²) in [5.74, 6) is -2.01. The molecule has 0 unspecified atom stereocenters. The van der Waals surface area contributed by atoms with Crippen molar-refractivity contribution in [2.24, 2.45) is 0 Å². The fraction of sp³-hybridized carbons (Fsp3) is 0.100. The van der Waals surface area contributed by atoms with E-state index in [0.29, 0.717) is 0 Å². The van der Waals surface area contributed by atoms with Gasteiger partial charge in [0.25, 0.3) is 11.8 Å². The number of aromatic hydroxyl groups is 1. The van der Waals surface area contributed by atoms with Crippen LogP contribution in [0.4, 0.5) is 0 Å². The lowest BCUT2D eigenvalue weighted by molar-refractivity contribution is 0.0878. The van der Waals surface area contributed by atoms with E-state index in [1.54, 1.807) is 0 Å². The zero-order valence-corrected chi connectivity index (χ0v) is 7.83. The van der Waals surface area contributed by atoms with E-state index in [4.69, 9.17) is 0 Å². The SMILES string of the molecule is CC(=O)c1ccc2c(c1O)C(=O)NC2=O. The maximum absolute atomic E-state index is 11.3. The monoisotopic (exact) mass is 205 g/mol. The third-order valence-electron chi connectivity index (χ3n) is 2.26. The Hall–Kier alpha value is -2.17. The van der Waals surface area contributed by atoms with E-state index in [9.17, 15) is 19.5 Å². The van der Waals surface area contributed by atoms with Gasteiger partial charge in [-0.2, -0.15) is 0 Å². The van der Waals surface area contributed by atoms with Crippen LogP contribution in [0.5, 0.6) is 5.75 Å². The molecule has 0 saturated carbocycles. The Morgan fingerprint density at radius 1 is 1.27 bits per heavy atom. The van der Waals surface area contributed by atoms with Crippen molar-refractivity contribution in [3.05, 3.63) is 28.8 Å². The smallest absolute Gasteiger partial charge is 0.262 e. The maximum Gasteiger partial charge on any atom is 0.262 e. The summed E-state index contributed by atoms with van der Waals surface area (Å²) in [7, 11) is 0. The molecule has 15 heavy (non-hydrogen) atoms. The molecule has 5 nitrogen and oxygen atoms in total. The van der Waals surface area contributed by atoms with Gasteiger partial charge in [0.05, 0.1) is 16.7 Å². The molecule has 0 radical (unpaired) electrons. The molecule has 0 saturated heterocycles. The minimum Gasteiger partial charge on any atom is -0.506 e. The molecule has 5 heteroatoms. The van der Waals surface area contributed by atoms with Gasteiger partial charge in [-0.25, -0.2) is 0 Å². The van der Waals surface area contributed by atoms with Gasteiger partial charge in [0.1, 0.15) is 5.75 Å². The summed E-state index contributed by atoms with van der Waals surface area (Å²) in [6.45, 7) is 1.27. The van der Waals surface area contributed by atoms with Crippen molar-refractivity contribution >= 4 is 17.6 Å². The first-order chi connectivity index (χ1) is 7.02. The lowest BCUT2D eigenvalue weighted by Crippen LogP contribution is -2.19. The predicted octanol–water partition coefficient (Wildman–Crippen LogP) is 0.478. The number of carbonyl (C=O) groups excluding carboxylic acids is 3. The van der Waals surface area contributed by atoms with Crippen molar-refractivity contribution in [2.45, 2.75) is 6.92 Å². The summed E-state index contributed by atoms with van der Waals surface area (Å²) < 4.78 is 0. The number of Topliss-reactive ketones (excluding diaryl/α,β-unsaturated/α-hetero) is 1. The summed E-state index contributed by atoms with van der Waals surface area (Å²) in [5.41, 5.74) is 0.0220. The molecule has 2 amide bonds. The second-order valence-corrected chi connectivity index (χ2v) is 3.22. The molecule has 0 bridgehead atoms. The van der Waals surface area contributed by atoms with E-state index in [1.807, 2.05) is 5.32 Å². The van der Waals surface area contributed by atoms with Crippen LogP contribution in [0.2, 0.25) is 0 Å². The van der Waals surface area contributed by atoms with Crippen LogP contribution in [0, 0.1) is 0 Å². The zero-order chi connectivity index (χ0) is 11.2. The summed E-state index contributed by atoms with van der Waals surface area (Å²) in [5, 5.41) is 11.7. The molecule has 0 spiro atoms. The van der Waals surface area contributed by atoms with E-state index in [1.165, 1.54) is 19.1 Å². The van der Waals surface area contributed by atoms with E-state index < -0.39 is 17.6 Å². The molecule has 1 heterocycles. The second kappa shape index (κ2) is 2.91. The van der Waals surface area contributed by atoms with Crippen molar-refractivity contribution < 1.29 is 19.5 Å². The predicted molar refractivity (Wildman–Crippen MR) is 49.9 cm³/mol. The third kappa shape index (κ3) is 1.20. The van der Waals surface area contributed by atoms with Gasteiger partial charge in [0.15, 0.2) is 5.78 Å². The fourth-order valence-electron chi connectivity index (χ4n) is 1.53. The molecule has 0 aromatic heterocycles. The van der Waals surface area contributed by atoms with Gasteiger partial charge in [0.2, 0.25) is 0 Å². The van der Waals surface area contributed by atoms with Gasteiger partial charge >= 0.3 is 0 Å². The number of imide groups is 1. The first kappa shape index (κ1) is 9.39. The molecule has 1 aromatic rings. The van der Waals surface area contributed by atoms with Gasteiger partial charge in [-0.05, 0) is 19.1 Å². The van der Waals surface area contributed by atoms with Crippen LogP contribution in [-0.4, -0.2) is 22.7 Å². The quantitative estimate of drug-likeness (QED) is 0.516. The topological polar surface area (TPSA) is 83.5 Å². The van der Waals surface area contributed by atoms with Crippen LogP contribution in [-0.2, 0) is 0 Å². The molecule has 2 rings (SSSR count). The minimum atomic E-state index is -0.671. The van der Waals surface area contributed by atoms with Crippen molar-refractivity contribution in [3.63, 3.8) is 0 Å². The number of benzene rings is 1. The third-order valence-corrected chi connectivity index (χ3v) is 2.26. The summed E-state index contributed by atoms with van der Waals surface area (Å²) in [6, 6.07) is 2.68. The number of amides is 2. The number of fused-ring (bicyclic) bond motifs is 1. The standard InChI is InChI=1S/C10H7NO4/c1-4(12)5-2-3-6-7(8(5)13)10(15)11-9(6)14/h2-3,13H,1H3,(H,11,14,15). The van der Waals surface area contributed by atoms with Crippen LogP contribution in [0.25, 0.3) is 0 Å². The highest BCUT2D eigenvalue weighted by atomic mass is 16.3. The largest absolute Gasteiger partial charge is 0.506 e. The lowest BCUT2D eigenvalue weighted by atomic mass is 10.0. The number of nitrogens with one attached hydrogen (secondary N) is 1. The van der Waals surface area contributed by atoms with Crippen LogP contribution in [0.3, 0.4) is 0 Å². The molecule has 1 aliphatic rings. The van der Waals surface area contributed by atoms with Gasteiger partial charge in [-0.3, -0.25) is 19.7 Å². The maximum atomic E-state index is 11.3. The molecule has 2 N–H and O–H groups in total. The molecular formula is C10H7NO4. The molecular weight excluding hydrogens is 198 g/mol. The van der Waals surface area contributed by atoms with Gasteiger partial charge in [-0.15, -0.1) is 0 Å². The molecule has 0 atom stereocenters. The second-order valence-electron chi connectivity index (χ2n) is 3.22.